The first-order chi connectivity index (χ1) is 5.06. The van der Waals surface area contributed by atoms with Crippen molar-refractivity contribution in [3.63, 3.8) is 0 Å². The third-order valence-corrected chi connectivity index (χ3v) is 3.80. The number of halogens is 1. The molecule has 0 saturated carbocycles. The smallest absolute Gasteiger partial charge is 0.0285 e. The lowest BCUT2D eigenvalue weighted by Gasteiger charge is -2.19. The minimum absolute atomic E-state index is 0.122. The highest BCUT2D eigenvalue weighted by molar-refractivity contribution is 9.10. The Hall–Kier alpha value is 0.140. The molecule has 0 amide bonds. The van der Waals surface area contributed by atoms with Gasteiger partial charge in [0.25, 0.3) is 0 Å². The summed E-state index contributed by atoms with van der Waals surface area (Å²) in [6.45, 7) is 5.01. The molecule has 0 spiro atoms. The molecule has 2 N–H and O–H groups in total. The fourth-order valence-corrected chi connectivity index (χ4v) is 2.33. The summed E-state index contributed by atoms with van der Waals surface area (Å²) in [5.74, 6) is 0. The summed E-state index contributed by atoms with van der Waals surface area (Å²) >= 11 is 5.18. The van der Waals surface area contributed by atoms with Crippen molar-refractivity contribution in [3.8, 4) is 0 Å². The molecule has 0 aliphatic carbocycles. The highest BCUT2D eigenvalue weighted by atomic mass is 79.9. The SMILES string of the molecule is CC(C)(CN)c1cc(Br)cs1. The zero-order valence-electron chi connectivity index (χ0n) is 6.73. The molecule has 1 heterocycles. The minimum atomic E-state index is 0.122. The van der Waals surface area contributed by atoms with Crippen LogP contribution in [0.3, 0.4) is 0 Å². The van der Waals surface area contributed by atoms with Crippen LogP contribution in [0.5, 0.6) is 0 Å². The molecule has 11 heavy (non-hydrogen) atoms. The summed E-state index contributed by atoms with van der Waals surface area (Å²) in [7, 11) is 0. The number of rotatable bonds is 2. The van der Waals surface area contributed by atoms with E-state index in [0.29, 0.717) is 6.54 Å². The Bertz CT molecular complexity index is 242. The van der Waals surface area contributed by atoms with Crippen LogP contribution >= 0.6 is 27.3 Å². The van der Waals surface area contributed by atoms with Gasteiger partial charge >= 0.3 is 0 Å². The van der Waals surface area contributed by atoms with Gasteiger partial charge < -0.3 is 5.73 Å². The van der Waals surface area contributed by atoms with Crippen molar-refractivity contribution in [2.45, 2.75) is 19.3 Å². The Morgan fingerprint density at radius 2 is 2.27 bits per heavy atom. The van der Waals surface area contributed by atoms with Gasteiger partial charge in [0.1, 0.15) is 0 Å². The van der Waals surface area contributed by atoms with Crippen LogP contribution in [0.15, 0.2) is 15.9 Å². The standard InChI is InChI=1S/C8H12BrNS/c1-8(2,5-10)7-3-6(9)4-11-7/h3-4H,5,10H2,1-2H3. The van der Waals surface area contributed by atoms with Crippen LogP contribution in [0.4, 0.5) is 0 Å². The molecule has 62 valence electrons. The Balaban J connectivity index is 2.92. The number of nitrogens with two attached hydrogens (primary N) is 1. The molecule has 0 atom stereocenters. The summed E-state index contributed by atoms with van der Waals surface area (Å²) in [6, 6.07) is 2.14. The van der Waals surface area contributed by atoms with Crippen LogP contribution < -0.4 is 5.73 Å². The van der Waals surface area contributed by atoms with Gasteiger partial charge in [-0.3, -0.25) is 0 Å². The van der Waals surface area contributed by atoms with Gasteiger partial charge in [-0.1, -0.05) is 13.8 Å². The van der Waals surface area contributed by atoms with Crippen molar-refractivity contribution in [1.29, 1.82) is 0 Å². The summed E-state index contributed by atoms with van der Waals surface area (Å²) in [4.78, 5) is 1.34. The molecule has 0 fully saturated rings. The fraction of sp³-hybridized carbons (Fsp3) is 0.500. The zero-order chi connectivity index (χ0) is 8.48. The first-order valence-corrected chi connectivity index (χ1v) is 5.18. The molecular formula is C8H12BrNS. The van der Waals surface area contributed by atoms with Gasteiger partial charge in [-0.2, -0.15) is 0 Å². The second-order valence-electron chi connectivity index (χ2n) is 3.22. The topological polar surface area (TPSA) is 26.0 Å². The predicted octanol–water partition coefficient (Wildman–Crippen LogP) is 2.75. The van der Waals surface area contributed by atoms with Gasteiger partial charge in [0.15, 0.2) is 0 Å². The van der Waals surface area contributed by atoms with Crippen LogP contribution in [0.25, 0.3) is 0 Å². The highest BCUT2D eigenvalue weighted by Crippen LogP contribution is 2.30. The zero-order valence-corrected chi connectivity index (χ0v) is 9.13. The fourth-order valence-electron chi connectivity index (χ4n) is 0.769. The third-order valence-electron chi connectivity index (χ3n) is 1.74. The van der Waals surface area contributed by atoms with Crippen molar-refractivity contribution >= 4 is 27.3 Å². The lowest BCUT2D eigenvalue weighted by Crippen LogP contribution is -2.26. The van der Waals surface area contributed by atoms with E-state index in [1.807, 2.05) is 0 Å². The second kappa shape index (κ2) is 3.25. The van der Waals surface area contributed by atoms with Crippen molar-refractivity contribution in [1.82, 2.24) is 0 Å². The van der Waals surface area contributed by atoms with E-state index in [1.165, 1.54) is 4.88 Å². The first kappa shape index (κ1) is 9.23. The minimum Gasteiger partial charge on any atom is -0.330 e. The van der Waals surface area contributed by atoms with Crippen LogP contribution in [0.2, 0.25) is 0 Å². The molecule has 3 heteroatoms. The van der Waals surface area contributed by atoms with E-state index in [1.54, 1.807) is 11.3 Å². The van der Waals surface area contributed by atoms with Crippen LogP contribution in [-0.2, 0) is 5.41 Å². The lowest BCUT2D eigenvalue weighted by molar-refractivity contribution is 0.550. The molecule has 0 unspecified atom stereocenters. The molecule has 0 bridgehead atoms. The first-order valence-electron chi connectivity index (χ1n) is 3.51. The average molecular weight is 234 g/mol. The normalized spacial score (nSPS) is 12.0. The van der Waals surface area contributed by atoms with E-state index >= 15 is 0 Å². The molecule has 1 aromatic rings. The monoisotopic (exact) mass is 233 g/mol. The van der Waals surface area contributed by atoms with E-state index in [0.717, 1.165) is 4.47 Å². The maximum atomic E-state index is 5.64. The molecule has 0 aromatic carbocycles. The van der Waals surface area contributed by atoms with Crippen LogP contribution in [-0.4, -0.2) is 6.54 Å². The van der Waals surface area contributed by atoms with Crippen LogP contribution in [0, 0.1) is 0 Å². The molecule has 1 aromatic heterocycles. The Morgan fingerprint density at radius 1 is 1.64 bits per heavy atom. The van der Waals surface area contributed by atoms with E-state index in [2.05, 4.69) is 41.2 Å². The van der Waals surface area contributed by atoms with E-state index in [9.17, 15) is 0 Å². The summed E-state index contributed by atoms with van der Waals surface area (Å²) in [5, 5.41) is 2.09. The van der Waals surface area contributed by atoms with Crippen molar-refractivity contribution in [2.75, 3.05) is 6.54 Å². The van der Waals surface area contributed by atoms with E-state index in [-0.39, 0.29) is 5.41 Å². The molecule has 0 aliphatic heterocycles. The van der Waals surface area contributed by atoms with Crippen molar-refractivity contribution in [3.05, 3.63) is 20.8 Å². The Labute approximate surface area is 79.7 Å². The van der Waals surface area contributed by atoms with Crippen molar-refractivity contribution in [2.24, 2.45) is 5.73 Å². The molecule has 0 saturated heterocycles. The Kier molecular flexibility index (Phi) is 2.73. The number of thiophene rings is 1. The summed E-state index contributed by atoms with van der Waals surface area (Å²) in [6.07, 6.45) is 0. The van der Waals surface area contributed by atoms with Crippen LogP contribution in [0.1, 0.15) is 18.7 Å². The Morgan fingerprint density at radius 3 is 2.64 bits per heavy atom. The molecule has 0 radical (unpaired) electrons. The van der Waals surface area contributed by atoms with Gasteiger partial charge in [0.05, 0.1) is 0 Å². The third kappa shape index (κ3) is 2.04. The lowest BCUT2D eigenvalue weighted by atomic mass is 9.92. The second-order valence-corrected chi connectivity index (χ2v) is 5.04. The van der Waals surface area contributed by atoms with E-state index in [4.69, 9.17) is 5.73 Å². The molecule has 1 rings (SSSR count). The quantitative estimate of drug-likeness (QED) is 0.836. The van der Waals surface area contributed by atoms with Gasteiger partial charge in [0.2, 0.25) is 0 Å². The molecular weight excluding hydrogens is 222 g/mol. The van der Waals surface area contributed by atoms with Gasteiger partial charge in [-0.15, -0.1) is 11.3 Å². The number of hydrogen-bond acceptors (Lipinski definition) is 2. The van der Waals surface area contributed by atoms with Gasteiger partial charge in [0, 0.05) is 26.7 Å². The maximum absolute atomic E-state index is 5.64. The molecule has 1 nitrogen and oxygen atoms in total. The predicted molar refractivity (Wildman–Crippen MR) is 54.1 cm³/mol. The largest absolute Gasteiger partial charge is 0.330 e. The van der Waals surface area contributed by atoms with Gasteiger partial charge in [-0.05, 0) is 22.0 Å². The summed E-state index contributed by atoms with van der Waals surface area (Å²) in [5.41, 5.74) is 5.76. The molecule has 0 aliphatic rings. The average Bonchev–Trinajstić information content (AvgIpc) is 2.36. The number of hydrogen-bond donors (Lipinski definition) is 1. The summed E-state index contributed by atoms with van der Waals surface area (Å²) < 4.78 is 1.15. The maximum Gasteiger partial charge on any atom is 0.0285 e. The van der Waals surface area contributed by atoms with Gasteiger partial charge in [-0.25, -0.2) is 0 Å². The van der Waals surface area contributed by atoms with Crippen molar-refractivity contribution < 1.29 is 0 Å². The highest BCUT2D eigenvalue weighted by Gasteiger charge is 2.19. The van der Waals surface area contributed by atoms with E-state index < -0.39 is 0 Å².